The van der Waals surface area contributed by atoms with Gasteiger partial charge in [0.15, 0.2) is 5.65 Å². The topological polar surface area (TPSA) is 81.7 Å². The van der Waals surface area contributed by atoms with E-state index in [9.17, 15) is 0 Å². The van der Waals surface area contributed by atoms with Crippen molar-refractivity contribution in [3.63, 3.8) is 0 Å². The quantitative estimate of drug-likeness (QED) is 0.798. The van der Waals surface area contributed by atoms with Crippen molar-refractivity contribution in [2.24, 2.45) is 18.7 Å². The predicted octanol–water partition coefficient (Wildman–Crippen LogP) is 0.760. The molecule has 0 aromatic carbocycles. The third-order valence-corrected chi connectivity index (χ3v) is 2.81. The van der Waals surface area contributed by atoms with Crippen LogP contribution in [-0.4, -0.2) is 32.8 Å². The Balaban J connectivity index is 2.13. The van der Waals surface area contributed by atoms with Crippen LogP contribution in [0.4, 0.5) is 5.82 Å². The van der Waals surface area contributed by atoms with Crippen LogP contribution in [0.1, 0.15) is 13.3 Å². The van der Waals surface area contributed by atoms with Gasteiger partial charge >= 0.3 is 0 Å². The van der Waals surface area contributed by atoms with Gasteiger partial charge in [-0.2, -0.15) is 5.10 Å². The van der Waals surface area contributed by atoms with Crippen molar-refractivity contribution < 1.29 is 0 Å². The van der Waals surface area contributed by atoms with Crippen molar-refractivity contribution in [1.82, 2.24) is 19.7 Å². The Hall–Kier alpha value is -1.69. The van der Waals surface area contributed by atoms with Gasteiger partial charge in [0.2, 0.25) is 0 Å². The van der Waals surface area contributed by atoms with E-state index in [0.717, 1.165) is 36.4 Å². The monoisotopic (exact) mass is 234 g/mol. The minimum absolute atomic E-state index is 0.529. The van der Waals surface area contributed by atoms with Crippen molar-refractivity contribution >= 4 is 16.9 Å². The summed E-state index contributed by atoms with van der Waals surface area (Å²) < 4.78 is 1.74. The van der Waals surface area contributed by atoms with E-state index >= 15 is 0 Å². The van der Waals surface area contributed by atoms with E-state index in [0.29, 0.717) is 5.92 Å². The van der Waals surface area contributed by atoms with Crippen LogP contribution < -0.4 is 11.1 Å². The van der Waals surface area contributed by atoms with Crippen LogP contribution in [0.5, 0.6) is 0 Å². The number of aryl methyl sites for hydroxylation is 1. The number of nitrogens with zero attached hydrogens (tertiary/aromatic N) is 4. The molecule has 2 aromatic heterocycles. The van der Waals surface area contributed by atoms with Gasteiger partial charge < -0.3 is 11.1 Å². The Morgan fingerprint density at radius 1 is 1.47 bits per heavy atom. The van der Waals surface area contributed by atoms with E-state index in [1.165, 1.54) is 0 Å². The molecule has 6 nitrogen and oxygen atoms in total. The molecule has 1 atom stereocenters. The zero-order valence-corrected chi connectivity index (χ0v) is 10.2. The van der Waals surface area contributed by atoms with E-state index in [4.69, 9.17) is 5.73 Å². The zero-order valence-electron chi connectivity index (χ0n) is 10.2. The average Bonchev–Trinajstić information content (AvgIpc) is 2.70. The van der Waals surface area contributed by atoms with Crippen LogP contribution in [0.15, 0.2) is 12.5 Å². The SMILES string of the molecule is CC(CCN)CNc1ncnc2c1cnn2C. The van der Waals surface area contributed by atoms with E-state index in [-0.39, 0.29) is 0 Å². The van der Waals surface area contributed by atoms with Crippen molar-refractivity contribution in [3.05, 3.63) is 12.5 Å². The highest BCUT2D eigenvalue weighted by Gasteiger charge is 2.08. The Kier molecular flexibility index (Phi) is 3.53. The van der Waals surface area contributed by atoms with Crippen LogP contribution in [0.3, 0.4) is 0 Å². The summed E-state index contributed by atoms with van der Waals surface area (Å²) in [6.45, 7) is 3.74. The van der Waals surface area contributed by atoms with Crippen molar-refractivity contribution in [1.29, 1.82) is 0 Å². The Morgan fingerprint density at radius 2 is 2.29 bits per heavy atom. The number of hydrogen-bond acceptors (Lipinski definition) is 5. The van der Waals surface area contributed by atoms with Gasteiger partial charge in [-0.05, 0) is 18.9 Å². The first kappa shape index (κ1) is 11.8. The van der Waals surface area contributed by atoms with Crippen LogP contribution >= 0.6 is 0 Å². The maximum atomic E-state index is 5.53. The molecule has 0 saturated carbocycles. The summed E-state index contributed by atoms with van der Waals surface area (Å²) in [6.07, 6.45) is 4.35. The smallest absolute Gasteiger partial charge is 0.163 e. The fourth-order valence-corrected chi connectivity index (χ4v) is 1.76. The second kappa shape index (κ2) is 5.09. The third-order valence-electron chi connectivity index (χ3n) is 2.81. The van der Waals surface area contributed by atoms with E-state index in [2.05, 4.69) is 27.3 Å². The van der Waals surface area contributed by atoms with Gasteiger partial charge in [0.05, 0.1) is 11.6 Å². The fourth-order valence-electron chi connectivity index (χ4n) is 1.76. The van der Waals surface area contributed by atoms with Crippen LogP contribution in [0, 0.1) is 5.92 Å². The number of anilines is 1. The molecule has 0 radical (unpaired) electrons. The van der Waals surface area contributed by atoms with E-state index in [1.807, 2.05) is 7.05 Å². The molecule has 0 fully saturated rings. The lowest BCUT2D eigenvalue weighted by molar-refractivity contribution is 0.568. The molecule has 0 spiro atoms. The summed E-state index contributed by atoms with van der Waals surface area (Å²) in [5.41, 5.74) is 6.37. The third kappa shape index (κ3) is 2.52. The van der Waals surface area contributed by atoms with Crippen LogP contribution in [0.2, 0.25) is 0 Å². The second-order valence-corrected chi connectivity index (χ2v) is 4.29. The summed E-state index contributed by atoms with van der Waals surface area (Å²) in [4.78, 5) is 8.44. The first-order valence-corrected chi connectivity index (χ1v) is 5.79. The molecule has 0 saturated heterocycles. The van der Waals surface area contributed by atoms with Gasteiger partial charge in [0.1, 0.15) is 12.1 Å². The molecule has 0 aliphatic rings. The maximum Gasteiger partial charge on any atom is 0.163 e. The van der Waals surface area contributed by atoms with Crippen LogP contribution in [-0.2, 0) is 7.05 Å². The molecule has 17 heavy (non-hydrogen) atoms. The molecule has 2 aromatic rings. The summed E-state index contributed by atoms with van der Waals surface area (Å²) in [6, 6.07) is 0. The summed E-state index contributed by atoms with van der Waals surface area (Å²) >= 11 is 0. The van der Waals surface area contributed by atoms with Gasteiger partial charge in [-0.25, -0.2) is 9.97 Å². The van der Waals surface area contributed by atoms with Crippen molar-refractivity contribution in [3.8, 4) is 0 Å². The second-order valence-electron chi connectivity index (χ2n) is 4.29. The lowest BCUT2D eigenvalue weighted by Crippen LogP contribution is -2.16. The highest BCUT2D eigenvalue weighted by atomic mass is 15.3. The molecule has 0 bridgehead atoms. The molecule has 0 amide bonds. The molecular formula is C11H18N6. The summed E-state index contributed by atoms with van der Waals surface area (Å²) in [7, 11) is 1.87. The van der Waals surface area contributed by atoms with E-state index in [1.54, 1.807) is 17.2 Å². The van der Waals surface area contributed by atoms with Gasteiger partial charge in [-0.1, -0.05) is 6.92 Å². The minimum Gasteiger partial charge on any atom is -0.369 e. The molecule has 2 heterocycles. The highest BCUT2D eigenvalue weighted by molar-refractivity contribution is 5.85. The fraction of sp³-hybridized carbons (Fsp3) is 0.545. The largest absolute Gasteiger partial charge is 0.369 e. The molecule has 2 rings (SSSR count). The van der Waals surface area contributed by atoms with Gasteiger partial charge in [0.25, 0.3) is 0 Å². The number of nitrogens with one attached hydrogen (secondary N) is 1. The lowest BCUT2D eigenvalue weighted by Gasteiger charge is -2.11. The molecule has 3 N–H and O–H groups in total. The first-order chi connectivity index (χ1) is 8.22. The standard InChI is InChI=1S/C11H18N6/c1-8(3-4-12)5-13-10-9-6-16-17(2)11(9)15-7-14-10/h6-8H,3-5,12H2,1-2H3,(H,13,14,15). The number of fused-ring (bicyclic) bond motifs is 1. The zero-order chi connectivity index (χ0) is 12.3. The summed E-state index contributed by atoms with van der Waals surface area (Å²) in [5.74, 6) is 1.37. The normalized spacial score (nSPS) is 12.9. The molecular weight excluding hydrogens is 216 g/mol. The van der Waals surface area contributed by atoms with Crippen molar-refractivity contribution in [2.45, 2.75) is 13.3 Å². The molecule has 92 valence electrons. The minimum atomic E-state index is 0.529. The van der Waals surface area contributed by atoms with E-state index < -0.39 is 0 Å². The number of rotatable bonds is 5. The molecule has 0 aliphatic heterocycles. The molecule has 1 unspecified atom stereocenters. The lowest BCUT2D eigenvalue weighted by atomic mass is 10.1. The molecule has 0 aliphatic carbocycles. The van der Waals surface area contributed by atoms with Crippen molar-refractivity contribution in [2.75, 3.05) is 18.4 Å². The number of aromatic nitrogens is 4. The molecule has 6 heteroatoms. The number of hydrogen-bond donors (Lipinski definition) is 2. The maximum absolute atomic E-state index is 5.53. The first-order valence-electron chi connectivity index (χ1n) is 5.79. The average molecular weight is 234 g/mol. The van der Waals surface area contributed by atoms with Gasteiger partial charge in [-0.3, -0.25) is 4.68 Å². The Bertz CT molecular complexity index is 492. The predicted molar refractivity (Wildman–Crippen MR) is 67.6 cm³/mol. The van der Waals surface area contributed by atoms with Crippen LogP contribution in [0.25, 0.3) is 11.0 Å². The Morgan fingerprint density at radius 3 is 3.06 bits per heavy atom. The van der Waals surface area contributed by atoms with Gasteiger partial charge in [-0.15, -0.1) is 0 Å². The summed E-state index contributed by atoms with van der Waals surface area (Å²) in [5, 5.41) is 8.45. The highest BCUT2D eigenvalue weighted by Crippen LogP contribution is 2.18. The number of nitrogens with two attached hydrogens (primary N) is 1. The Labute approximate surface area is 100 Å². The van der Waals surface area contributed by atoms with Gasteiger partial charge in [0, 0.05) is 13.6 Å².